The third kappa shape index (κ3) is 4.18. The van der Waals surface area contributed by atoms with Gasteiger partial charge in [0, 0.05) is 37.7 Å². The van der Waals surface area contributed by atoms with E-state index in [1.165, 1.54) is 0 Å². The van der Waals surface area contributed by atoms with Crippen LogP contribution < -0.4 is 0 Å². The lowest BCUT2D eigenvalue weighted by Gasteiger charge is -2.28. The van der Waals surface area contributed by atoms with Gasteiger partial charge in [0.05, 0.1) is 25.1 Å². The van der Waals surface area contributed by atoms with Crippen molar-refractivity contribution in [3.05, 3.63) is 48.5 Å². The van der Waals surface area contributed by atoms with Gasteiger partial charge in [-0.3, -0.25) is 4.90 Å². The van der Waals surface area contributed by atoms with Crippen LogP contribution in [0.4, 0.5) is 0 Å². The van der Waals surface area contributed by atoms with Crippen LogP contribution in [0.3, 0.4) is 0 Å². The summed E-state index contributed by atoms with van der Waals surface area (Å²) in [6.07, 6.45) is 5.15. The largest absolute Gasteiger partial charge is 0.458 e. The summed E-state index contributed by atoms with van der Waals surface area (Å²) >= 11 is 0. The lowest BCUT2D eigenvalue weighted by molar-refractivity contribution is 0.000448. The van der Waals surface area contributed by atoms with Crippen LogP contribution in [0.5, 0.6) is 0 Å². The van der Waals surface area contributed by atoms with Gasteiger partial charge in [-0.25, -0.2) is 9.78 Å². The number of imidazole rings is 1. The average molecular weight is 315 g/mol. The Morgan fingerprint density at radius 2 is 2.04 bits per heavy atom. The first-order chi connectivity index (χ1) is 11.2. The fourth-order valence-electron chi connectivity index (χ4n) is 2.62. The Balaban J connectivity index is 1.55. The molecular weight excluding hydrogens is 294 g/mol. The normalized spacial score (nSPS) is 16.9. The van der Waals surface area contributed by atoms with Crippen molar-refractivity contribution < 1.29 is 14.3 Å². The molecule has 1 fully saturated rings. The molecule has 23 heavy (non-hydrogen) atoms. The van der Waals surface area contributed by atoms with Gasteiger partial charge in [0.1, 0.15) is 6.10 Å². The van der Waals surface area contributed by atoms with Gasteiger partial charge in [-0.15, -0.1) is 0 Å². The van der Waals surface area contributed by atoms with Gasteiger partial charge in [0.15, 0.2) is 0 Å². The molecule has 2 heterocycles. The van der Waals surface area contributed by atoms with Gasteiger partial charge < -0.3 is 14.0 Å². The molecule has 0 radical (unpaired) electrons. The summed E-state index contributed by atoms with van der Waals surface area (Å²) < 4.78 is 12.7. The summed E-state index contributed by atoms with van der Waals surface area (Å²) in [5.74, 6) is -0.289. The molecular formula is C17H21N3O3. The number of nitrogens with zero attached hydrogens (tertiary/aromatic N) is 3. The minimum Gasteiger partial charge on any atom is -0.458 e. The predicted molar refractivity (Wildman–Crippen MR) is 85.7 cm³/mol. The van der Waals surface area contributed by atoms with E-state index in [4.69, 9.17) is 9.47 Å². The first kappa shape index (κ1) is 15.7. The summed E-state index contributed by atoms with van der Waals surface area (Å²) in [6, 6.07) is 7.31. The molecule has 0 N–H and O–H groups in total. The molecule has 0 aliphatic carbocycles. The predicted octanol–water partition coefficient (Wildman–Crippen LogP) is 1.75. The van der Waals surface area contributed by atoms with Crippen molar-refractivity contribution in [3.8, 4) is 5.69 Å². The van der Waals surface area contributed by atoms with E-state index in [0.29, 0.717) is 5.56 Å². The number of esters is 1. The Morgan fingerprint density at radius 1 is 1.30 bits per heavy atom. The number of benzene rings is 1. The van der Waals surface area contributed by atoms with Crippen molar-refractivity contribution in [2.24, 2.45) is 0 Å². The second-order valence-corrected chi connectivity index (χ2v) is 5.65. The number of rotatable bonds is 5. The van der Waals surface area contributed by atoms with Crippen LogP contribution in [0.2, 0.25) is 0 Å². The second-order valence-electron chi connectivity index (χ2n) is 5.65. The molecule has 3 rings (SSSR count). The zero-order valence-corrected chi connectivity index (χ0v) is 13.2. The van der Waals surface area contributed by atoms with Crippen LogP contribution in [0.1, 0.15) is 17.3 Å². The van der Waals surface area contributed by atoms with Crippen molar-refractivity contribution in [1.29, 1.82) is 0 Å². The van der Waals surface area contributed by atoms with E-state index < -0.39 is 0 Å². The van der Waals surface area contributed by atoms with E-state index in [0.717, 1.165) is 38.5 Å². The number of hydrogen-bond acceptors (Lipinski definition) is 5. The zero-order chi connectivity index (χ0) is 16.1. The minimum atomic E-state index is -0.289. The summed E-state index contributed by atoms with van der Waals surface area (Å²) in [7, 11) is 0. The second kappa shape index (κ2) is 7.39. The number of carbonyl (C=O) groups is 1. The third-order valence-corrected chi connectivity index (χ3v) is 3.83. The molecule has 0 amide bonds. The van der Waals surface area contributed by atoms with Gasteiger partial charge in [-0.1, -0.05) is 0 Å². The zero-order valence-electron chi connectivity index (χ0n) is 13.2. The molecule has 0 saturated carbocycles. The molecule has 1 saturated heterocycles. The maximum Gasteiger partial charge on any atom is 0.338 e. The monoisotopic (exact) mass is 315 g/mol. The van der Waals surface area contributed by atoms with Crippen molar-refractivity contribution in [1.82, 2.24) is 14.5 Å². The van der Waals surface area contributed by atoms with Crippen molar-refractivity contribution in [3.63, 3.8) is 0 Å². The van der Waals surface area contributed by atoms with Crippen molar-refractivity contribution >= 4 is 5.97 Å². The van der Waals surface area contributed by atoms with Gasteiger partial charge in [0.25, 0.3) is 0 Å². The standard InChI is InChI=1S/C17H21N3O3/c1-14(12-19-8-10-22-11-9-19)23-17(21)15-2-4-16(5-3-15)20-7-6-18-13-20/h2-7,13-14H,8-12H2,1H3/t14-/m0/s1. The van der Waals surface area contributed by atoms with E-state index in [2.05, 4.69) is 9.88 Å². The van der Waals surface area contributed by atoms with Crippen LogP contribution in [0.15, 0.2) is 43.0 Å². The molecule has 122 valence electrons. The fourth-order valence-corrected chi connectivity index (χ4v) is 2.62. The fraction of sp³-hybridized carbons (Fsp3) is 0.412. The van der Waals surface area contributed by atoms with Gasteiger partial charge in [0.2, 0.25) is 0 Å². The topological polar surface area (TPSA) is 56.6 Å². The summed E-state index contributed by atoms with van der Waals surface area (Å²) in [5.41, 5.74) is 1.52. The summed E-state index contributed by atoms with van der Waals surface area (Å²) in [4.78, 5) is 18.5. The molecule has 6 heteroatoms. The molecule has 6 nitrogen and oxygen atoms in total. The molecule has 1 atom stereocenters. The van der Waals surface area contributed by atoms with Crippen LogP contribution in [-0.2, 0) is 9.47 Å². The number of aromatic nitrogens is 2. The van der Waals surface area contributed by atoms with Crippen LogP contribution in [-0.4, -0.2) is 59.4 Å². The maximum atomic E-state index is 12.2. The molecule has 0 bridgehead atoms. The lowest BCUT2D eigenvalue weighted by atomic mass is 10.2. The minimum absolute atomic E-state index is 0.145. The molecule has 0 unspecified atom stereocenters. The molecule has 1 aliphatic rings. The highest BCUT2D eigenvalue weighted by Crippen LogP contribution is 2.11. The Hall–Kier alpha value is -2.18. The first-order valence-corrected chi connectivity index (χ1v) is 7.82. The van der Waals surface area contributed by atoms with E-state index in [1.807, 2.05) is 29.8 Å². The summed E-state index contributed by atoms with van der Waals surface area (Å²) in [6.45, 7) is 5.94. The van der Waals surface area contributed by atoms with Crippen molar-refractivity contribution in [2.45, 2.75) is 13.0 Å². The summed E-state index contributed by atoms with van der Waals surface area (Å²) in [5, 5.41) is 0. The number of morpholine rings is 1. The van der Waals surface area contributed by atoms with Crippen LogP contribution in [0.25, 0.3) is 5.69 Å². The highest BCUT2D eigenvalue weighted by atomic mass is 16.5. The molecule has 0 spiro atoms. The highest BCUT2D eigenvalue weighted by molar-refractivity contribution is 5.89. The molecule has 1 aromatic carbocycles. The number of ether oxygens (including phenoxy) is 2. The quantitative estimate of drug-likeness (QED) is 0.787. The first-order valence-electron chi connectivity index (χ1n) is 7.82. The maximum absolute atomic E-state index is 12.2. The molecule has 1 aromatic heterocycles. The Bertz CT molecular complexity index is 619. The van der Waals surface area contributed by atoms with Gasteiger partial charge in [-0.2, -0.15) is 0 Å². The SMILES string of the molecule is C[C@@H](CN1CCOCC1)OC(=O)c1ccc(-n2ccnc2)cc1. The van der Waals surface area contributed by atoms with E-state index >= 15 is 0 Å². The van der Waals surface area contributed by atoms with E-state index in [-0.39, 0.29) is 12.1 Å². The Morgan fingerprint density at radius 3 is 2.70 bits per heavy atom. The Labute approximate surface area is 135 Å². The Kier molecular flexibility index (Phi) is 5.05. The smallest absolute Gasteiger partial charge is 0.338 e. The van der Waals surface area contributed by atoms with Gasteiger partial charge in [-0.05, 0) is 31.2 Å². The lowest BCUT2D eigenvalue weighted by Crippen LogP contribution is -2.41. The number of carbonyl (C=O) groups excluding carboxylic acids is 1. The van der Waals surface area contributed by atoms with E-state index in [9.17, 15) is 4.79 Å². The number of hydrogen-bond donors (Lipinski definition) is 0. The third-order valence-electron chi connectivity index (χ3n) is 3.83. The van der Waals surface area contributed by atoms with Crippen LogP contribution >= 0.6 is 0 Å². The highest BCUT2D eigenvalue weighted by Gasteiger charge is 2.17. The van der Waals surface area contributed by atoms with Gasteiger partial charge >= 0.3 is 5.97 Å². The van der Waals surface area contributed by atoms with Crippen LogP contribution in [0, 0.1) is 0 Å². The van der Waals surface area contributed by atoms with Crippen molar-refractivity contribution in [2.75, 3.05) is 32.8 Å². The average Bonchev–Trinajstić information content (AvgIpc) is 3.10. The molecule has 2 aromatic rings. The molecule has 1 aliphatic heterocycles. The van der Waals surface area contributed by atoms with E-state index in [1.54, 1.807) is 24.7 Å².